The third-order valence-corrected chi connectivity index (χ3v) is 4.67. The normalized spacial score (nSPS) is 16.7. The fourth-order valence-electron chi connectivity index (χ4n) is 3.49. The van der Waals surface area contributed by atoms with E-state index >= 15 is 0 Å². The number of hydrogen-bond donors (Lipinski definition) is 1. The smallest absolute Gasteiger partial charge is 0.174 e. The van der Waals surface area contributed by atoms with E-state index in [0.717, 1.165) is 31.5 Å². The predicted molar refractivity (Wildman–Crippen MR) is 92.1 cm³/mol. The molecule has 3 nitrogen and oxygen atoms in total. The van der Waals surface area contributed by atoms with Crippen molar-refractivity contribution < 1.29 is 9.53 Å². The molecule has 0 bridgehead atoms. The highest BCUT2D eigenvalue weighted by atomic mass is 16.5. The first-order valence-corrected chi connectivity index (χ1v) is 8.24. The fourth-order valence-corrected chi connectivity index (χ4v) is 3.49. The summed E-state index contributed by atoms with van der Waals surface area (Å²) in [6.45, 7) is 1.96. The van der Waals surface area contributed by atoms with E-state index in [1.807, 2.05) is 42.5 Å². The third kappa shape index (κ3) is 3.45. The van der Waals surface area contributed by atoms with Crippen molar-refractivity contribution in [2.24, 2.45) is 5.92 Å². The fraction of sp³-hybridized carbons (Fsp3) is 0.350. The molecule has 0 aromatic heterocycles. The number of para-hydroxylation sites is 1. The number of carbonyl (C=O) groups excluding carboxylic acids is 1. The molecule has 1 unspecified atom stereocenters. The Labute approximate surface area is 137 Å². The molecule has 0 aliphatic carbocycles. The van der Waals surface area contributed by atoms with Crippen LogP contribution in [-0.4, -0.2) is 26.0 Å². The molecule has 3 heteroatoms. The van der Waals surface area contributed by atoms with E-state index < -0.39 is 0 Å². The van der Waals surface area contributed by atoms with Crippen molar-refractivity contribution in [3.05, 3.63) is 65.7 Å². The van der Waals surface area contributed by atoms with Crippen LogP contribution in [0.3, 0.4) is 0 Å². The third-order valence-electron chi connectivity index (χ3n) is 4.67. The summed E-state index contributed by atoms with van der Waals surface area (Å²) in [5.74, 6) is 1.10. The molecule has 1 saturated heterocycles. The number of piperidine rings is 1. The monoisotopic (exact) mass is 309 g/mol. The van der Waals surface area contributed by atoms with Gasteiger partial charge in [0.05, 0.1) is 18.6 Å². The Morgan fingerprint density at radius 3 is 2.39 bits per heavy atom. The molecule has 120 valence electrons. The van der Waals surface area contributed by atoms with Crippen molar-refractivity contribution in [3.63, 3.8) is 0 Å². The van der Waals surface area contributed by atoms with Gasteiger partial charge in [-0.2, -0.15) is 0 Å². The molecule has 2 aromatic carbocycles. The maximum atomic E-state index is 13.3. The standard InChI is InChI=1S/C20H23NO2/c1-23-18-10-6-5-9-17(18)20(22)19(15-7-3-2-4-8-15)16-11-13-21-14-12-16/h2-10,16,19,21H,11-14H2,1H3. The molecular formula is C20H23NO2. The first-order valence-electron chi connectivity index (χ1n) is 8.24. The first-order chi connectivity index (χ1) is 11.3. The quantitative estimate of drug-likeness (QED) is 0.857. The molecule has 1 atom stereocenters. The van der Waals surface area contributed by atoms with Gasteiger partial charge in [-0.1, -0.05) is 42.5 Å². The topological polar surface area (TPSA) is 38.3 Å². The summed E-state index contributed by atoms with van der Waals surface area (Å²) in [7, 11) is 1.62. The summed E-state index contributed by atoms with van der Waals surface area (Å²) in [5, 5.41) is 3.39. The highest BCUT2D eigenvalue weighted by Gasteiger charge is 2.32. The number of nitrogens with one attached hydrogen (secondary N) is 1. The van der Waals surface area contributed by atoms with Crippen LogP contribution in [-0.2, 0) is 0 Å². The summed E-state index contributed by atoms with van der Waals surface area (Å²) in [6, 6.07) is 17.7. The van der Waals surface area contributed by atoms with Crippen LogP contribution < -0.4 is 10.1 Å². The van der Waals surface area contributed by atoms with Gasteiger partial charge in [-0.15, -0.1) is 0 Å². The maximum absolute atomic E-state index is 13.3. The van der Waals surface area contributed by atoms with Crippen LogP contribution in [0.15, 0.2) is 54.6 Å². The first kappa shape index (κ1) is 15.8. The second-order valence-electron chi connectivity index (χ2n) is 6.04. The van der Waals surface area contributed by atoms with Gasteiger partial charge < -0.3 is 10.1 Å². The number of Topliss-reactive ketones (excluding diaryl/α,β-unsaturated/α-hetero) is 1. The highest BCUT2D eigenvalue weighted by Crippen LogP contribution is 2.36. The Bertz CT molecular complexity index is 648. The molecule has 0 spiro atoms. The Morgan fingerprint density at radius 1 is 1.04 bits per heavy atom. The Kier molecular flexibility index (Phi) is 5.09. The van der Waals surface area contributed by atoms with Crippen LogP contribution in [0.2, 0.25) is 0 Å². The highest BCUT2D eigenvalue weighted by molar-refractivity contribution is 6.03. The van der Waals surface area contributed by atoms with Gasteiger partial charge in [-0.3, -0.25) is 4.79 Å². The van der Waals surface area contributed by atoms with Gasteiger partial charge in [0.15, 0.2) is 5.78 Å². The van der Waals surface area contributed by atoms with Crippen LogP contribution in [0.25, 0.3) is 0 Å². The van der Waals surface area contributed by atoms with Crippen molar-refractivity contribution in [1.82, 2.24) is 5.32 Å². The number of rotatable bonds is 5. The molecular weight excluding hydrogens is 286 g/mol. The van der Waals surface area contributed by atoms with E-state index in [4.69, 9.17) is 4.74 Å². The van der Waals surface area contributed by atoms with Gasteiger partial charge >= 0.3 is 0 Å². The van der Waals surface area contributed by atoms with Gasteiger partial charge in [-0.05, 0) is 49.5 Å². The Balaban J connectivity index is 1.99. The predicted octanol–water partition coefficient (Wildman–Crippen LogP) is 3.66. The second-order valence-corrected chi connectivity index (χ2v) is 6.04. The molecule has 23 heavy (non-hydrogen) atoms. The summed E-state index contributed by atoms with van der Waals surface area (Å²) in [4.78, 5) is 13.3. The van der Waals surface area contributed by atoms with E-state index in [-0.39, 0.29) is 11.7 Å². The van der Waals surface area contributed by atoms with Crippen LogP contribution in [0.4, 0.5) is 0 Å². The molecule has 0 saturated carbocycles. The molecule has 1 heterocycles. The largest absolute Gasteiger partial charge is 0.496 e. The summed E-state index contributed by atoms with van der Waals surface area (Å²) >= 11 is 0. The Hall–Kier alpha value is -2.13. The lowest BCUT2D eigenvalue weighted by atomic mass is 9.76. The number of ketones is 1. The summed E-state index contributed by atoms with van der Waals surface area (Å²) in [6.07, 6.45) is 2.06. The van der Waals surface area contributed by atoms with Crippen molar-refractivity contribution >= 4 is 5.78 Å². The van der Waals surface area contributed by atoms with Crippen LogP contribution in [0.5, 0.6) is 5.75 Å². The molecule has 0 radical (unpaired) electrons. The van der Waals surface area contributed by atoms with Crippen molar-refractivity contribution in [1.29, 1.82) is 0 Å². The molecule has 1 fully saturated rings. The number of hydrogen-bond acceptors (Lipinski definition) is 3. The molecule has 0 amide bonds. The molecule has 3 rings (SSSR count). The summed E-state index contributed by atoms with van der Waals surface area (Å²) < 4.78 is 5.41. The minimum absolute atomic E-state index is 0.102. The van der Waals surface area contributed by atoms with E-state index in [1.54, 1.807) is 7.11 Å². The zero-order valence-corrected chi connectivity index (χ0v) is 13.5. The van der Waals surface area contributed by atoms with Crippen LogP contribution in [0.1, 0.15) is 34.7 Å². The average Bonchev–Trinajstić information content (AvgIpc) is 2.63. The van der Waals surface area contributed by atoms with Crippen LogP contribution in [0, 0.1) is 5.92 Å². The van der Waals surface area contributed by atoms with Gasteiger partial charge in [0, 0.05) is 0 Å². The molecule has 1 aliphatic heterocycles. The van der Waals surface area contributed by atoms with E-state index in [9.17, 15) is 4.79 Å². The van der Waals surface area contributed by atoms with Gasteiger partial charge in [0.2, 0.25) is 0 Å². The zero-order chi connectivity index (χ0) is 16.1. The lowest BCUT2D eigenvalue weighted by molar-refractivity contribution is 0.0913. The van der Waals surface area contributed by atoms with Gasteiger partial charge in [0.25, 0.3) is 0 Å². The minimum Gasteiger partial charge on any atom is -0.496 e. The van der Waals surface area contributed by atoms with Crippen molar-refractivity contribution in [2.45, 2.75) is 18.8 Å². The number of ether oxygens (including phenoxy) is 1. The summed E-state index contributed by atoms with van der Waals surface area (Å²) in [5.41, 5.74) is 1.79. The number of benzene rings is 2. The van der Waals surface area contributed by atoms with Crippen molar-refractivity contribution in [3.8, 4) is 5.75 Å². The average molecular weight is 309 g/mol. The minimum atomic E-state index is -0.102. The van der Waals surface area contributed by atoms with Crippen molar-refractivity contribution in [2.75, 3.05) is 20.2 Å². The zero-order valence-electron chi connectivity index (χ0n) is 13.5. The lowest BCUT2D eigenvalue weighted by Gasteiger charge is -2.30. The van der Waals surface area contributed by atoms with Gasteiger partial charge in [-0.25, -0.2) is 0 Å². The number of carbonyl (C=O) groups is 1. The van der Waals surface area contributed by atoms with E-state index in [0.29, 0.717) is 17.2 Å². The molecule has 1 N–H and O–H groups in total. The lowest BCUT2D eigenvalue weighted by Crippen LogP contribution is -2.33. The van der Waals surface area contributed by atoms with Crippen LogP contribution >= 0.6 is 0 Å². The Morgan fingerprint density at radius 2 is 1.70 bits per heavy atom. The molecule has 1 aliphatic rings. The maximum Gasteiger partial charge on any atom is 0.174 e. The number of methoxy groups -OCH3 is 1. The van der Waals surface area contributed by atoms with E-state index in [1.165, 1.54) is 0 Å². The second kappa shape index (κ2) is 7.42. The van der Waals surface area contributed by atoms with E-state index in [2.05, 4.69) is 17.4 Å². The SMILES string of the molecule is COc1ccccc1C(=O)C(c1ccccc1)C1CCNCC1. The molecule has 2 aromatic rings. The van der Waals surface area contributed by atoms with Gasteiger partial charge in [0.1, 0.15) is 5.75 Å².